The van der Waals surface area contributed by atoms with Gasteiger partial charge in [0.25, 0.3) is 0 Å². The molecule has 1 aliphatic heterocycles. The molecular weight excluding hydrogens is 130 g/mol. The van der Waals surface area contributed by atoms with Crippen molar-refractivity contribution in [1.82, 2.24) is 4.90 Å². The van der Waals surface area contributed by atoms with Gasteiger partial charge in [-0.05, 0) is 12.6 Å². The van der Waals surface area contributed by atoms with Gasteiger partial charge in [-0.15, -0.1) is 0 Å². The SMILES string of the molecule is CN1C=CCC(C(=O)O)C1. The van der Waals surface area contributed by atoms with Crippen molar-refractivity contribution in [3.63, 3.8) is 0 Å². The van der Waals surface area contributed by atoms with Crippen LogP contribution < -0.4 is 0 Å². The minimum absolute atomic E-state index is 0.213. The molecule has 1 unspecified atom stereocenters. The lowest BCUT2D eigenvalue weighted by molar-refractivity contribution is -0.142. The third-order valence-corrected chi connectivity index (χ3v) is 1.64. The number of carboxylic acids is 1. The molecule has 0 aliphatic carbocycles. The second kappa shape index (κ2) is 2.73. The Bertz CT molecular complexity index is 165. The van der Waals surface area contributed by atoms with Crippen molar-refractivity contribution < 1.29 is 9.90 Å². The molecule has 56 valence electrons. The first kappa shape index (κ1) is 7.12. The highest BCUT2D eigenvalue weighted by atomic mass is 16.4. The monoisotopic (exact) mass is 141 g/mol. The minimum atomic E-state index is -0.698. The van der Waals surface area contributed by atoms with Gasteiger partial charge in [0.2, 0.25) is 0 Å². The molecule has 1 atom stereocenters. The zero-order valence-corrected chi connectivity index (χ0v) is 5.95. The standard InChI is InChI=1S/C7H11NO2/c1-8-4-2-3-6(5-8)7(9)10/h2,4,6H,3,5H2,1H3,(H,9,10). The van der Waals surface area contributed by atoms with Gasteiger partial charge >= 0.3 is 5.97 Å². The zero-order valence-electron chi connectivity index (χ0n) is 5.95. The number of nitrogens with zero attached hydrogens (tertiary/aromatic N) is 1. The van der Waals surface area contributed by atoms with E-state index in [1.165, 1.54) is 0 Å². The molecule has 0 bridgehead atoms. The second-order valence-electron chi connectivity index (χ2n) is 2.60. The van der Waals surface area contributed by atoms with Crippen molar-refractivity contribution in [1.29, 1.82) is 0 Å². The molecule has 0 aromatic heterocycles. The minimum Gasteiger partial charge on any atom is -0.481 e. The largest absolute Gasteiger partial charge is 0.481 e. The normalized spacial score (nSPS) is 24.9. The zero-order chi connectivity index (χ0) is 7.56. The molecule has 1 rings (SSSR count). The molecule has 0 saturated carbocycles. The molecule has 0 aromatic rings. The molecule has 3 heteroatoms. The van der Waals surface area contributed by atoms with Crippen molar-refractivity contribution in [2.75, 3.05) is 13.6 Å². The molecule has 0 saturated heterocycles. The number of aliphatic carboxylic acids is 1. The molecule has 0 radical (unpaired) electrons. The van der Waals surface area contributed by atoms with E-state index in [0.29, 0.717) is 13.0 Å². The van der Waals surface area contributed by atoms with E-state index in [-0.39, 0.29) is 5.92 Å². The first-order valence-corrected chi connectivity index (χ1v) is 3.30. The Kier molecular flexibility index (Phi) is 1.94. The van der Waals surface area contributed by atoms with Crippen molar-refractivity contribution >= 4 is 5.97 Å². The van der Waals surface area contributed by atoms with Crippen LogP contribution in [0.2, 0.25) is 0 Å². The van der Waals surface area contributed by atoms with Crippen LogP contribution in [0.5, 0.6) is 0 Å². The van der Waals surface area contributed by atoms with E-state index in [9.17, 15) is 4.79 Å². The summed E-state index contributed by atoms with van der Waals surface area (Å²) in [4.78, 5) is 12.3. The van der Waals surface area contributed by atoms with Gasteiger partial charge in [0.1, 0.15) is 0 Å². The van der Waals surface area contributed by atoms with E-state index in [1.54, 1.807) is 0 Å². The first-order valence-electron chi connectivity index (χ1n) is 3.30. The molecule has 1 heterocycles. The summed E-state index contributed by atoms with van der Waals surface area (Å²) in [6, 6.07) is 0. The van der Waals surface area contributed by atoms with Crippen LogP contribution in [0.15, 0.2) is 12.3 Å². The maximum absolute atomic E-state index is 10.4. The van der Waals surface area contributed by atoms with E-state index in [0.717, 1.165) is 0 Å². The smallest absolute Gasteiger partial charge is 0.308 e. The van der Waals surface area contributed by atoms with Crippen LogP contribution in [0.3, 0.4) is 0 Å². The summed E-state index contributed by atoms with van der Waals surface area (Å²) in [5, 5.41) is 8.60. The Labute approximate surface area is 59.9 Å². The highest BCUT2D eigenvalue weighted by Gasteiger charge is 2.19. The lowest BCUT2D eigenvalue weighted by Gasteiger charge is -2.22. The molecule has 1 N–H and O–H groups in total. The van der Waals surface area contributed by atoms with E-state index in [1.807, 2.05) is 24.2 Å². The Morgan fingerprint density at radius 1 is 1.80 bits per heavy atom. The van der Waals surface area contributed by atoms with Crippen LogP contribution in [0.4, 0.5) is 0 Å². The molecule has 0 amide bonds. The lowest BCUT2D eigenvalue weighted by atomic mass is 10.0. The van der Waals surface area contributed by atoms with E-state index >= 15 is 0 Å². The van der Waals surface area contributed by atoms with Crippen molar-refractivity contribution in [2.45, 2.75) is 6.42 Å². The number of allylic oxidation sites excluding steroid dienone is 1. The Morgan fingerprint density at radius 3 is 2.90 bits per heavy atom. The maximum Gasteiger partial charge on any atom is 0.308 e. The van der Waals surface area contributed by atoms with Gasteiger partial charge in [0.05, 0.1) is 5.92 Å². The topological polar surface area (TPSA) is 40.5 Å². The number of hydrogen-bond donors (Lipinski definition) is 1. The second-order valence-corrected chi connectivity index (χ2v) is 2.60. The molecule has 1 aliphatic rings. The molecular formula is C7H11NO2. The van der Waals surface area contributed by atoms with Crippen molar-refractivity contribution in [2.24, 2.45) is 5.92 Å². The quantitative estimate of drug-likeness (QED) is 0.579. The van der Waals surface area contributed by atoms with Crippen molar-refractivity contribution in [3.05, 3.63) is 12.3 Å². The summed E-state index contributed by atoms with van der Waals surface area (Å²) in [5.41, 5.74) is 0. The van der Waals surface area contributed by atoms with Gasteiger partial charge in [0, 0.05) is 13.6 Å². The van der Waals surface area contributed by atoms with Gasteiger partial charge < -0.3 is 10.0 Å². The number of hydrogen-bond acceptors (Lipinski definition) is 2. The number of carbonyl (C=O) groups is 1. The highest BCUT2D eigenvalue weighted by Crippen LogP contribution is 2.11. The summed E-state index contributed by atoms with van der Waals surface area (Å²) in [6.45, 7) is 0.631. The summed E-state index contributed by atoms with van der Waals surface area (Å²) in [6.07, 6.45) is 4.47. The fourth-order valence-corrected chi connectivity index (χ4v) is 1.07. The molecule has 0 aromatic carbocycles. The van der Waals surface area contributed by atoms with Crippen LogP contribution in [0.25, 0.3) is 0 Å². The van der Waals surface area contributed by atoms with Crippen LogP contribution in [-0.2, 0) is 4.79 Å². The Hall–Kier alpha value is -0.990. The van der Waals surface area contributed by atoms with Gasteiger partial charge in [-0.2, -0.15) is 0 Å². The predicted molar refractivity (Wildman–Crippen MR) is 37.5 cm³/mol. The molecule has 10 heavy (non-hydrogen) atoms. The number of carboxylic acid groups (broad SMARTS) is 1. The fraction of sp³-hybridized carbons (Fsp3) is 0.571. The van der Waals surface area contributed by atoms with E-state index in [2.05, 4.69) is 0 Å². The summed E-state index contributed by atoms with van der Waals surface area (Å²) in [5.74, 6) is -0.911. The number of rotatable bonds is 1. The van der Waals surface area contributed by atoms with Gasteiger partial charge in [0.15, 0.2) is 0 Å². The highest BCUT2D eigenvalue weighted by molar-refractivity contribution is 5.70. The van der Waals surface area contributed by atoms with E-state index in [4.69, 9.17) is 5.11 Å². The van der Waals surface area contributed by atoms with E-state index < -0.39 is 5.97 Å². The van der Waals surface area contributed by atoms with Gasteiger partial charge in [-0.3, -0.25) is 4.79 Å². The third kappa shape index (κ3) is 1.50. The average Bonchev–Trinajstić information content (AvgIpc) is 1.88. The maximum atomic E-state index is 10.4. The Morgan fingerprint density at radius 2 is 2.50 bits per heavy atom. The molecule has 0 fully saturated rings. The summed E-state index contributed by atoms with van der Waals surface area (Å²) < 4.78 is 0. The van der Waals surface area contributed by atoms with Gasteiger partial charge in [-0.25, -0.2) is 0 Å². The average molecular weight is 141 g/mol. The summed E-state index contributed by atoms with van der Waals surface area (Å²) in [7, 11) is 1.88. The first-order chi connectivity index (χ1) is 4.70. The summed E-state index contributed by atoms with van der Waals surface area (Å²) >= 11 is 0. The predicted octanol–water partition coefficient (Wildman–Crippen LogP) is 0.536. The lowest BCUT2D eigenvalue weighted by Crippen LogP contribution is -2.29. The van der Waals surface area contributed by atoms with Crippen molar-refractivity contribution in [3.8, 4) is 0 Å². The van der Waals surface area contributed by atoms with Crippen LogP contribution >= 0.6 is 0 Å². The van der Waals surface area contributed by atoms with Gasteiger partial charge in [-0.1, -0.05) is 6.08 Å². The van der Waals surface area contributed by atoms with Crippen LogP contribution in [0, 0.1) is 5.92 Å². The van der Waals surface area contributed by atoms with Crippen LogP contribution in [-0.4, -0.2) is 29.6 Å². The fourth-order valence-electron chi connectivity index (χ4n) is 1.07. The molecule has 3 nitrogen and oxygen atoms in total. The van der Waals surface area contributed by atoms with Crippen LogP contribution in [0.1, 0.15) is 6.42 Å². The third-order valence-electron chi connectivity index (χ3n) is 1.64. The Balaban J connectivity index is 2.52. The molecule has 0 spiro atoms.